The molecule has 1 aromatic rings. The number of aliphatic hydroxyl groups is 1. The maximum Gasteiger partial charge on any atom is 0.416 e. The quantitative estimate of drug-likeness (QED) is 0.692. The Bertz CT molecular complexity index is 821. The van der Waals surface area contributed by atoms with Crippen molar-refractivity contribution < 1.29 is 27.9 Å². The molecule has 2 N–H and O–H groups in total. The van der Waals surface area contributed by atoms with Crippen molar-refractivity contribution in [2.75, 3.05) is 24.6 Å². The highest BCUT2D eigenvalue weighted by Gasteiger charge is 2.34. The first-order chi connectivity index (χ1) is 13.2. The molecule has 1 aromatic carbocycles. The highest BCUT2D eigenvalue weighted by molar-refractivity contribution is 8.18. The first-order valence-electron chi connectivity index (χ1n) is 8.70. The number of benzene rings is 1. The number of hydrogen-bond donors (Lipinski definition) is 2. The SMILES string of the molecule is O=C1NC(=O)/C(=C\c2cc(C(F)(F)F)cc(Cl)c2N2CCC(CCO)CC2)S1. The average molecular weight is 435 g/mol. The fourth-order valence-electron chi connectivity index (χ4n) is 3.42. The van der Waals surface area contributed by atoms with Crippen LogP contribution in [0.3, 0.4) is 0 Å². The van der Waals surface area contributed by atoms with E-state index in [0.717, 1.165) is 25.0 Å². The Morgan fingerprint density at radius 1 is 1.29 bits per heavy atom. The van der Waals surface area contributed by atoms with Gasteiger partial charge in [0.1, 0.15) is 0 Å². The van der Waals surface area contributed by atoms with Gasteiger partial charge in [-0.3, -0.25) is 14.9 Å². The first-order valence-corrected chi connectivity index (χ1v) is 9.90. The van der Waals surface area contributed by atoms with Crippen LogP contribution >= 0.6 is 23.4 Å². The topological polar surface area (TPSA) is 69.6 Å². The largest absolute Gasteiger partial charge is 0.416 e. The van der Waals surface area contributed by atoms with Gasteiger partial charge in [0, 0.05) is 25.3 Å². The first kappa shape index (κ1) is 21.0. The molecule has 28 heavy (non-hydrogen) atoms. The molecule has 10 heteroatoms. The molecule has 2 aliphatic heterocycles. The molecule has 0 saturated carbocycles. The standard InChI is InChI=1S/C18H18ClF3N2O3S/c19-13-9-12(18(20,21)22)7-11(8-14-16(26)23-17(27)28-14)15(13)24-4-1-10(2-5-24)3-6-25/h7-10,25H,1-6H2,(H,23,26,27)/b14-8+. The number of carbonyl (C=O) groups is 2. The van der Waals surface area contributed by atoms with E-state index in [1.54, 1.807) is 0 Å². The molecule has 0 aliphatic carbocycles. The van der Waals surface area contributed by atoms with E-state index in [9.17, 15) is 22.8 Å². The van der Waals surface area contributed by atoms with Crippen molar-refractivity contribution in [1.82, 2.24) is 5.32 Å². The number of piperidine rings is 1. The second-order valence-corrected chi connectivity index (χ2v) is 8.11. The third-order valence-corrected chi connectivity index (χ3v) is 5.92. The molecule has 0 unspecified atom stereocenters. The molecular weight excluding hydrogens is 417 g/mol. The lowest BCUT2D eigenvalue weighted by Gasteiger charge is -2.35. The smallest absolute Gasteiger partial charge is 0.396 e. The minimum absolute atomic E-state index is 0.0248. The van der Waals surface area contributed by atoms with E-state index in [0.29, 0.717) is 42.9 Å². The van der Waals surface area contributed by atoms with Crippen LogP contribution in [-0.2, 0) is 11.0 Å². The number of nitrogens with zero attached hydrogens (tertiary/aromatic N) is 1. The predicted molar refractivity (Wildman–Crippen MR) is 102 cm³/mol. The van der Waals surface area contributed by atoms with E-state index >= 15 is 0 Å². The minimum atomic E-state index is -4.59. The molecule has 152 valence electrons. The Hall–Kier alpha value is -1.71. The number of carbonyl (C=O) groups excluding carboxylic acids is 2. The van der Waals surface area contributed by atoms with Crippen LogP contribution in [0, 0.1) is 5.92 Å². The molecule has 0 atom stereocenters. The summed E-state index contributed by atoms with van der Waals surface area (Å²) < 4.78 is 39.8. The molecule has 0 bridgehead atoms. The van der Waals surface area contributed by atoms with Gasteiger partial charge in [0.05, 0.1) is 21.2 Å². The summed E-state index contributed by atoms with van der Waals surface area (Å²) in [6.07, 6.45) is -1.07. The van der Waals surface area contributed by atoms with Crippen LogP contribution in [0.1, 0.15) is 30.4 Å². The molecule has 2 saturated heterocycles. The number of thioether (sulfide) groups is 1. The molecule has 2 heterocycles. The van der Waals surface area contributed by atoms with Gasteiger partial charge in [-0.25, -0.2) is 0 Å². The molecule has 2 aliphatic rings. The fraction of sp³-hybridized carbons (Fsp3) is 0.444. The summed E-state index contributed by atoms with van der Waals surface area (Å²) >= 11 is 6.88. The zero-order chi connectivity index (χ0) is 20.5. The van der Waals surface area contributed by atoms with Gasteiger partial charge in [-0.1, -0.05) is 11.6 Å². The molecule has 2 amide bonds. The van der Waals surface area contributed by atoms with Crippen molar-refractivity contribution in [2.45, 2.75) is 25.4 Å². The van der Waals surface area contributed by atoms with Gasteiger partial charge >= 0.3 is 6.18 Å². The zero-order valence-electron chi connectivity index (χ0n) is 14.7. The lowest BCUT2D eigenvalue weighted by molar-refractivity contribution is -0.137. The monoisotopic (exact) mass is 434 g/mol. The van der Waals surface area contributed by atoms with E-state index in [1.165, 1.54) is 6.08 Å². The molecule has 0 spiro atoms. The number of imide groups is 1. The van der Waals surface area contributed by atoms with Crippen LogP contribution in [0.15, 0.2) is 17.0 Å². The van der Waals surface area contributed by atoms with Crippen molar-refractivity contribution in [1.29, 1.82) is 0 Å². The summed E-state index contributed by atoms with van der Waals surface area (Å²) in [7, 11) is 0. The number of aliphatic hydroxyl groups excluding tert-OH is 1. The van der Waals surface area contributed by atoms with E-state index in [2.05, 4.69) is 5.32 Å². The lowest BCUT2D eigenvalue weighted by atomic mass is 9.93. The summed E-state index contributed by atoms with van der Waals surface area (Å²) in [4.78, 5) is 25.1. The third-order valence-electron chi connectivity index (χ3n) is 4.82. The van der Waals surface area contributed by atoms with Gasteiger partial charge in [-0.05, 0) is 55.2 Å². The van der Waals surface area contributed by atoms with Crippen molar-refractivity contribution >= 4 is 46.3 Å². The maximum absolute atomic E-state index is 13.3. The predicted octanol–water partition coefficient (Wildman–Crippen LogP) is 4.28. The van der Waals surface area contributed by atoms with E-state index in [1.807, 2.05) is 4.90 Å². The lowest BCUT2D eigenvalue weighted by Crippen LogP contribution is -2.34. The van der Waals surface area contributed by atoms with Crippen molar-refractivity contribution in [3.05, 3.63) is 33.2 Å². The van der Waals surface area contributed by atoms with Gasteiger partial charge in [-0.2, -0.15) is 13.2 Å². The molecule has 2 fully saturated rings. The van der Waals surface area contributed by atoms with Crippen LogP contribution < -0.4 is 10.2 Å². The molecular formula is C18H18ClF3N2O3S. The van der Waals surface area contributed by atoms with E-state index in [-0.39, 0.29) is 22.1 Å². The molecule has 0 radical (unpaired) electrons. The Balaban J connectivity index is 2.00. The molecule has 5 nitrogen and oxygen atoms in total. The highest BCUT2D eigenvalue weighted by atomic mass is 35.5. The van der Waals surface area contributed by atoms with Crippen molar-refractivity contribution in [2.24, 2.45) is 5.92 Å². The van der Waals surface area contributed by atoms with Crippen LogP contribution in [0.25, 0.3) is 6.08 Å². The fourth-order valence-corrected chi connectivity index (χ4v) is 4.44. The van der Waals surface area contributed by atoms with Gasteiger partial charge in [-0.15, -0.1) is 0 Å². The average Bonchev–Trinajstić information content (AvgIpc) is 2.92. The van der Waals surface area contributed by atoms with Crippen LogP contribution in [0.5, 0.6) is 0 Å². The number of halogens is 4. The van der Waals surface area contributed by atoms with Crippen LogP contribution in [0.4, 0.5) is 23.7 Å². The molecule has 3 rings (SSSR count). The third kappa shape index (κ3) is 4.64. The number of rotatable bonds is 4. The number of alkyl halides is 3. The Morgan fingerprint density at radius 3 is 2.50 bits per heavy atom. The second-order valence-electron chi connectivity index (χ2n) is 6.69. The number of amides is 2. The Kier molecular flexibility index (Phi) is 6.26. The summed E-state index contributed by atoms with van der Waals surface area (Å²) in [5, 5.41) is 10.5. The summed E-state index contributed by atoms with van der Waals surface area (Å²) in [6, 6.07) is 1.83. The Labute approximate surface area is 168 Å². The summed E-state index contributed by atoms with van der Waals surface area (Å²) in [6.45, 7) is 1.25. The zero-order valence-corrected chi connectivity index (χ0v) is 16.3. The van der Waals surface area contributed by atoms with Gasteiger partial charge in [0.25, 0.3) is 11.1 Å². The summed E-state index contributed by atoms with van der Waals surface area (Å²) in [5.74, 6) is -0.291. The van der Waals surface area contributed by atoms with Gasteiger partial charge in [0.2, 0.25) is 0 Å². The van der Waals surface area contributed by atoms with Crippen LogP contribution in [-0.4, -0.2) is 35.9 Å². The highest BCUT2D eigenvalue weighted by Crippen LogP contribution is 2.41. The number of nitrogens with one attached hydrogen (secondary N) is 1. The Morgan fingerprint density at radius 2 is 1.96 bits per heavy atom. The number of hydrogen-bond acceptors (Lipinski definition) is 5. The van der Waals surface area contributed by atoms with Crippen molar-refractivity contribution in [3.63, 3.8) is 0 Å². The van der Waals surface area contributed by atoms with Crippen LogP contribution in [0.2, 0.25) is 5.02 Å². The van der Waals surface area contributed by atoms with E-state index < -0.39 is 22.9 Å². The molecule has 0 aromatic heterocycles. The van der Waals surface area contributed by atoms with E-state index in [4.69, 9.17) is 16.7 Å². The summed E-state index contributed by atoms with van der Waals surface area (Å²) in [5.41, 5.74) is -0.358. The minimum Gasteiger partial charge on any atom is -0.396 e. The van der Waals surface area contributed by atoms with Gasteiger partial charge < -0.3 is 10.0 Å². The normalized spacial score (nSPS) is 20.2. The number of anilines is 1. The van der Waals surface area contributed by atoms with Crippen molar-refractivity contribution in [3.8, 4) is 0 Å². The van der Waals surface area contributed by atoms with Gasteiger partial charge in [0.15, 0.2) is 0 Å². The second kappa shape index (κ2) is 8.34. The maximum atomic E-state index is 13.3.